The molecule has 0 saturated carbocycles. The molecule has 0 aliphatic carbocycles. The van der Waals surface area contributed by atoms with Crippen LogP contribution in [-0.4, -0.2) is 44.3 Å². The number of amides is 2. The van der Waals surface area contributed by atoms with E-state index in [1.165, 1.54) is 23.1 Å². The Bertz CT molecular complexity index is 1650. The standard InChI is InChI=1S/C35H38FN3O4S/c1-3-23-37-35(41)33(24-27-15-7-5-8-16-27)38(25-29-18-11-13-21-31(29)36)34(40)26-39(32-22-14-12-17-28(32)4-2)44(42,43)30-19-9-6-10-20-30/h5-22,33H,3-4,23-26H2,1-2H3,(H,37,41)/t33-/m1/s1. The van der Waals surface area contributed by atoms with Gasteiger partial charge in [-0.05, 0) is 48.2 Å². The molecule has 1 N–H and O–H groups in total. The number of carbonyl (C=O) groups is 2. The summed E-state index contributed by atoms with van der Waals surface area (Å²) < 4.78 is 44.3. The first-order chi connectivity index (χ1) is 21.3. The molecule has 2 amide bonds. The number of benzene rings is 4. The Hall–Kier alpha value is -4.50. The maximum absolute atomic E-state index is 15.0. The van der Waals surface area contributed by atoms with Crippen LogP contribution >= 0.6 is 0 Å². The highest BCUT2D eigenvalue weighted by atomic mass is 32.2. The van der Waals surface area contributed by atoms with Crippen molar-refractivity contribution in [1.82, 2.24) is 10.2 Å². The van der Waals surface area contributed by atoms with Crippen molar-refractivity contribution in [3.8, 4) is 0 Å². The van der Waals surface area contributed by atoms with Crippen LogP contribution in [0.4, 0.5) is 10.1 Å². The Morgan fingerprint density at radius 3 is 2.02 bits per heavy atom. The highest BCUT2D eigenvalue weighted by molar-refractivity contribution is 7.92. The maximum Gasteiger partial charge on any atom is 0.264 e. The number of nitrogens with one attached hydrogen (secondary N) is 1. The van der Waals surface area contributed by atoms with Crippen molar-refractivity contribution < 1.29 is 22.4 Å². The summed E-state index contributed by atoms with van der Waals surface area (Å²) in [5.41, 5.74) is 2.13. The van der Waals surface area contributed by atoms with Gasteiger partial charge in [-0.15, -0.1) is 0 Å². The number of rotatable bonds is 14. The Kier molecular flexibility index (Phi) is 11.3. The quantitative estimate of drug-likeness (QED) is 0.196. The fraction of sp³-hybridized carbons (Fsp3) is 0.257. The fourth-order valence-corrected chi connectivity index (χ4v) is 6.49. The van der Waals surface area contributed by atoms with Gasteiger partial charge in [-0.25, -0.2) is 12.8 Å². The molecule has 0 aliphatic rings. The van der Waals surface area contributed by atoms with Crippen LogP contribution < -0.4 is 9.62 Å². The highest BCUT2D eigenvalue weighted by Crippen LogP contribution is 2.28. The zero-order valence-corrected chi connectivity index (χ0v) is 25.8. The molecule has 0 aromatic heterocycles. The molecule has 44 heavy (non-hydrogen) atoms. The van der Waals surface area contributed by atoms with Crippen LogP contribution in [0.3, 0.4) is 0 Å². The van der Waals surface area contributed by atoms with E-state index in [0.717, 1.165) is 15.4 Å². The van der Waals surface area contributed by atoms with E-state index in [-0.39, 0.29) is 23.4 Å². The van der Waals surface area contributed by atoms with Gasteiger partial charge in [0.15, 0.2) is 0 Å². The third-order valence-electron chi connectivity index (χ3n) is 7.37. The largest absolute Gasteiger partial charge is 0.354 e. The summed E-state index contributed by atoms with van der Waals surface area (Å²) in [6.07, 6.45) is 1.37. The third kappa shape index (κ3) is 7.90. The summed E-state index contributed by atoms with van der Waals surface area (Å²) in [6.45, 7) is 3.41. The minimum atomic E-state index is -4.20. The van der Waals surface area contributed by atoms with Crippen molar-refractivity contribution in [2.24, 2.45) is 0 Å². The second-order valence-electron chi connectivity index (χ2n) is 10.4. The first kappa shape index (κ1) is 32.4. The molecule has 230 valence electrons. The second kappa shape index (κ2) is 15.3. The number of hydrogen-bond acceptors (Lipinski definition) is 4. The number of para-hydroxylation sites is 1. The van der Waals surface area contributed by atoms with Crippen LogP contribution in [0.2, 0.25) is 0 Å². The Labute approximate surface area is 259 Å². The molecular formula is C35H38FN3O4S. The van der Waals surface area contributed by atoms with Gasteiger partial charge >= 0.3 is 0 Å². The number of aryl methyl sites for hydroxylation is 1. The second-order valence-corrected chi connectivity index (χ2v) is 12.3. The molecule has 0 saturated heterocycles. The van der Waals surface area contributed by atoms with E-state index < -0.39 is 40.2 Å². The molecule has 0 radical (unpaired) electrons. The Morgan fingerprint density at radius 1 is 0.795 bits per heavy atom. The molecule has 4 rings (SSSR count). The summed E-state index contributed by atoms with van der Waals surface area (Å²) in [7, 11) is -4.20. The molecule has 9 heteroatoms. The third-order valence-corrected chi connectivity index (χ3v) is 9.14. The predicted octanol–water partition coefficient (Wildman–Crippen LogP) is 5.75. The average Bonchev–Trinajstić information content (AvgIpc) is 3.05. The molecular weight excluding hydrogens is 577 g/mol. The minimum Gasteiger partial charge on any atom is -0.354 e. The van der Waals surface area contributed by atoms with Crippen LogP contribution in [-0.2, 0) is 39.0 Å². The molecule has 7 nitrogen and oxygen atoms in total. The number of sulfonamides is 1. The molecule has 0 heterocycles. The summed E-state index contributed by atoms with van der Waals surface area (Å²) >= 11 is 0. The van der Waals surface area contributed by atoms with E-state index in [1.807, 2.05) is 56.3 Å². The fourth-order valence-electron chi connectivity index (χ4n) is 5.02. The molecule has 0 spiro atoms. The summed E-state index contributed by atoms with van der Waals surface area (Å²) in [5.74, 6) is -1.55. The normalized spacial score (nSPS) is 11.9. The van der Waals surface area contributed by atoms with E-state index in [1.54, 1.807) is 48.5 Å². The zero-order chi connectivity index (χ0) is 31.5. The number of hydrogen-bond donors (Lipinski definition) is 1. The van der Waals surface area contributed by atoms with Gasteiger partial charge in [0, 0.05) is 25.1 Å². The van der Waals surface area contributed by atoms with Crippen LogP contribution in [0.25, 0.3) is 0 Å². The lowest BCUT2D eigenvalue weighted by Gasteiger charge is -2.34. The van der Waals surface area contributed by atoms with Crippen LogP contribution in [0.5, 0.6) is 0 Å². The highest BCUT2D eigenvalue weighted by Gasteiger charge is 2.35. The van der Waals surface area contributed by atoms with Gasteiger partial charge in [0.05, 0.1) is 10.6 Å². The van der Waals surface area contributed by atoms with Crippen LogP contribution in [0, 0.1) is 5.82 Å². The van der Waals surface area contributed by atoms with Gasteiger partial charge in [-0.2, -0.15) is 0 Å². The van der Waals surface area contributed by atoms with Gasteiger partial charge in [-0.3, -0.25) is 13.9 Å². The molecule has 0 unspecified atom stereocenters. The van der Waals surface area contributed by atoms with Crippen molar-refractivity contribution >= 4 is 27.5 Å². The van der Waals surface area contributed by atoms with E-state index in [9.17, 15) is 22.4 Å². The van der Waals surface area contributed by atoms with Crippen molar-refractivity contribution in [2.75, 3.05) is 17.4 Å². The van der Waals surface area contributed by atoms with E-state index in [2.05, 4.69) is 5.32 Å². The average molecular weight is 616 g/mol. The minimum absolute atomic E-state index is 0.0286. The molecule has 0 bridgehead atoms. The topological polar surface area (TPSA) is 86.8 Å². The number of anilines is 1. The maximum atomic E-state index is 15.0. The van der Waals surface area contributed by atoms with Crippen molar-refractivity contribution in [1.29, 1.82) is 0 Å². The lowest BCUT2D eigenvalue weighted by Crippen LogP contribution is -2.53. The predicted molar refractivity (Wildman–Crippen MR) is 171 cm³/mol. The number of carbonyl (C=O) groups excluding carboxylic acids is 2. The van der Waals surface area contributed by atoms with Gasteiger partial charge in [-0.1, -0.05) is 98.8 Å². The SMILES string of the molecule is CCCNC(=O)[C@@H](Cc1ccccc1)N(Cc1ccccc1F)C(=O)CN(c1ccccc1CC)S(=O)(=O)c1ccccc1. The molecule has 1 atom stereocenters. The van der Waals surface area contributed by atoms with Gasteiger partial charge in [0.1, 0.15) is 18.4 Å². The molecule has 0 aliphatic heterocycles. The van der Waals surface area contributed by atoms with E-state index in [4.69, 9.17) is 0 Å². The zero-order valence-electron chi connectivity index (χ0n) is 25.0. The smallest absolute Gasteiger partial charge is 0.264 e. The monoisotopic (exact) mass is 615 g/mol. The summed E-state index contributed by atoms with van der Waals surface area (Å²) in [5, 5.41) is 2.89. The Morgan fingerprint density at radius 2 is 1.39 bits per heavy atom. The first-order valence-corrected chi connectivity index (χ1v) is 16.2. The summed E-state index contributed by atoms with van der Waals surface area (Å²) in [6, 6.07) is 29.2. The molecule has 0 fully saturated rings. The number of halogens is 1. The van der Waals surface area contributed by atoms with Crippen LogP contribution in [0.15, 0.2) is 114 Å². The van der Waals surface area contributed by atoms with Crippen molar-refractivity contribution in [3.05, 3.63) is 132 Å². The van der Waals surface area contributed by atoms with Crippen molar-refractivity contribution in [2.45, 2.75) is 50.6 Å². The van der Waals surface area contributed by atoms with E-state index in [0.29, 0.717) is 25.1 Å². The first-order valence-electron chi connectivity index (χ1n) is 14.8. The van der Waals surface area contributed by atoms with Gasteiger partial charge in [0.2, 0.25) is 11.8 Å². The Balaban J connectivity index is 1.82. The van der Waals surface area contributed by atoms with Gasteiger partial charge < -0.3 is 10.2 Å². The van der Waals surface area contributed by atoms with Gasteiger partial charge in [0.25, 0.3) is 10.0 Å². The molecule has 4 aromatic rings. The molecule has 4 aromatic carbocycles. The van der Waals surface area contributed by atoms with Crippen molar-refractivity contribution in [3.63, 3.8) is 0 Å². The lowest BCUT2D eigenvalue weighted by atomic mass is 10.0. The van der Waals surface area contributed by atoms with Crippen LogP contribution in [0.1, 0.15) is 37.0 Å². The van der Waals surface area contributed by atoms with E-state index >= 15 is 0 Å². The summed E-state index contributed by atoms with van der Waals surface area (Å²) in [4.78, 5) is 29.5. The number of nitrogens with zero attached hydrogens (tertiary/aromatic N) is 2. The lowest BCUT2D eigenvalue weighted by molar-refractivity contribution is -0.140.